The van der Waals surface area contributed by atoms with Crippen LogP contribution in [0.15, 0.2) is 42.5 Å². The second-order valence-corrected chi connectivity index (χ2v) is 8.48. The Morgan fingerprint density at radius 2 is 1.62 bits per heavy atom. The van der Waals surface area contributed by atoms with Crippen molar-refractivity contribution >= 4 is 17.7 Å². The third-order valence-electron chi connectivity index (χ3n) is 5.60. The predicted octanol–water partition coefficient (Wildman–Crippen LogP) is 0.0100. The fraction of sp³-hybridized carbons (Fsp3) is 0.423. The first-order valence-corrected chi connectivity index (χ1v) is 11.9. The molecule has 0 aliphatic carbocycles. The molecule has 37 heavy (non-hydrogen) atoms. The number of phenols is 1. The van der Waals surface area contributed by atoms with Crippen molar-refractivity contribution < 1.29 is 35.5 Å². The van der Waals surface area contributed by atoms with Crippen LogP contribution in [-0.4, -0.2) is 73.4 Å². The number of nitrogens with two attached hydrogens (primary N) is 1. The average molecular weight is 518 g/mol. The first kappa shape index (κ1) is 27.8. The highest BCUT2D eigenvalue weighted by Crippen LogP contribution is 2.28. The van der Waals surface area contributed by atoms with Crippen LogP contribution in [0.3, 0.4) is 0 Å². The van der Waals surface area contributed by atoms with Crippen LogP contribution in [-0.2, 0) is 27.2 Å². The fourth-order valence-electron chi connectivity index (χ4n) is 3.50. The molecular formula is C26H36N4O7. The Balaban J connectivity index is 2.09. The van der Waals surface area contributed by atoms with Gasteiger partial charge in [0.1, 0.15) is 19.2 Å². The first-order chi connectivity index (χ1) is 18.2. The molecule has 0 radical (unpaired) electrons. The summed E-state index contributed by atoms with van der Waals surface area (Å²) in [5.74, 6) is -0.529. The minimum atomic E-state index is -1.00. The van der Waals surface area contributed by atoms with Crippen molar-refractivity contribution in [3.63, 3.8) is 0 Å². The normalized spacial score (nSPS) is 13.5. The van der Waals surface area contributed by atoms with E-state index < -0.39 is 35.8 Å². The number of benzene rings is 2. The van der Waals surface area contributed by atoms with E-state index in [-0.39, 0.29) is 31.7 Å². The Kier molecular flexibility index (Phi) is 11.0. The minimum absolute atomic E-state index is 0.0851. The van der Waals surface area contributed by atoms with E-state index >= 15 is 0 Å². The molecule has 0 aliphatic rings. The number of carbonyl (C=O) groups excluding carboxylic acids is 3. The Hall–Kier alpha value is -3.83. The van der Waals surface area contributed by atoms with Gasteiger partial charge >= 0.3 is 0 Å². The van der Waals surface area contributed by atoms with Gasteiger partial charge in [-0.15, -0.1) is 0 Å². The average Bonchev–Trinajstić information content (AvgIpc) is 2.92. The highest BCUT2D eigenvalue weighted by atomic mass is 16.5. The highest BCUT2D eigenvalue weighted by Gasteiger charge is 2.26. The SMILES string of the molecule is [2H]N[C@@H](Cc1ccc(O)cc1)C(=O)N[C@@H](C)C(=O)N[C@@H](Cc1ccc(OC)c(OC)c1)C(=O)NCCCO. The van der Waals surface area contributed by atoms with Gasteiger partial charge in [-0.25, -0.2) is 0 Å². The summed E-state index contributed by atoms with van der Waals surface area (Å²) in [6, 6.07) is 8.47. The lowest BCUT2D eigenvalue weighted by Crippen LogP contribution is -2.55. The number of phenolic OH excluding ortho intramolecular Hbond substituents is 1. The van der Waals surface area contributed by atoms with E-state index in [0.717, 1.165) is 0 Å². The van der Waals surface area contributed by atoms with Crippen LogP contribution in [0.4, 0.5) is 0 Å². The Morgan fingerprint density at radius 1 is 0.946 bits per heavy atom. The maximum atomic E-state index is 13.0. The third kappa shape index (κ3) is 9.28. The van der Waals surface area contributed by atoms with Crippen molar-refractivity contribution in [3.05, 3.63) is 53.6 Å². The molecule has 7 N–H and O–H groups in total. The minimum Gasteiger partial charge on any atom is -0.508 e. The van der Waals surface area contributed by atoms with Crippen molar-refractivity contribution in [2.75, 3.05) is 27.4 Å². The van der Waals surface area contributed by atoms with E-state index in [1.807, 2.05) is 0 Å². The number of hydrogen-bond acceptors (Lipinski definition) is 8. The van der Waals surface area contributed by atoms with Crippen molar-refractivity contribution in [3.8, 4) is 17.2 Å². The lowest BCUT2D eigenvalue weighted by atomic mass is 10.0. The summed E-state index contributed by atoms with van der Waals surface area (Å²) in [4.78, 5) is 38.5. The number of nitrogens with one attached hydrogen (secondary N) is 3. The number of aromatic hydroxyl groups is 1. The van der Waals surface area contributed by atoms with Crippen LogP contribution >= 0.6 is 0 Å². The van der Waals surface area contributed by atoms with Gasteiger partial charge in [0.2, 0.25) is 17.7 Å². The smallest absolute Gasteiger partial charge is 0.242 e. The van der Waals surface area contributed by atoms with Crippen LogP contribution in [0, 0.1) is 0 Å². The zero-order chi connectivity index (χ0) is 28.1. The van der Waals surface area contributed by atoms with Crippen LogP contribution in [0.5, 0.6) is 17.2 Å². The zero-order valence-electron chi connectivity index (χ0n) is 22.2. The molecule has 0 aliphatic heterocycles. The second-order valence-electron chi connectivity index (χ2n) is 8.48. The van der Waals surface area contributed by atoms with Crippen molar-refractivity contribution in [2.45, 2.75) is 44.3 Å². The maximum absolute atomic E-state index is 13.0. The number of ether oxygens (including phenoxy) is 2. The summed E-state index contributed by atoms with van der Waals surface area (Å²) >= 11 is 0. The fourth-order valence-corrected chi connectivity index (χ4v) is 3.50. The molecule has 11 heteroatoms. The van der Waals surface area contributed by atoms with Gasteiger partial charge in [-0.3, -0.25) is 14.4 Å². The van der Waals surface area contributed by atoms with Gasteiger partial charge in [-0.1, -0.05) is 18.2 Å². The van der Waals surface area contributed by atoms with E-state index in [1.54, 1.807) is 30.3 Å². The molecule has 2 aromatic carbocycles. The summed E-state index contributed by atoms with van der Waals surface area (Å²) in [7, 11) is 3.00. The first-order valence-electron chi connectivity index (χ1n) is 12.4. The van der Waals surface area contributed by atoms with Crippen molar-refractivity contribution in [2.24, 2.45) is 5.73 Å². The molecule has 0 heterocycles. The lowest BCUT2D eigenvalue weighted by molar-refractivity contribution is -0.132. The number of carbonyl (C=O) groups is 3. The molecule has 2 aromatic rings. The summed E-state index contributed by atoms with van der Waals surface area (Å²) in [6.45, 7) is 1.62. The van der Waals surface area contributed by atoms with E-state index in [0.29, 0.717) is 29.0 Å². The predicted molar refractivity (Wildman–Crippen MR) is 137 cm³/mol. The van der Waals surface area contributed by atoms with E-state index in [2.05, 4.69) is 21.7 Å². The molecule has 0 saturated heterocycles. The molecule has 11 nitrogen and oxygen atoms in total. The molecule has 0 fully saturated rings. The second kappa shape index (κ2) is 14.7. The molecule has 0 unspecified atom stereocenters. The largest absolute Gasteiger partial charge is 0.508 e. The zero-order valence-corrected chi connectivity index (χ0v) is 21.2. The van der Waals surface area contributed by atoms with Crippen LogP contribution in [0.2, 0.25) is 1.41 Å². The Labute approximate surface area is 217 Å². The molecular weight excluding hydrogens is 480 g/mol. The van der Waals surface area contributed by atoms with E-state index in [9.17, 15) is 19.5 Å². The number of amides is 3. The summed E-state index contributed by atoms with van der Waals surface area (Å²) in [5, 5.41) is 26.4. The maximum Gasteiger partial charge on any atom is 0.242 e. The number of hydrogen-bond donors (Lipinski definition) is 6. The van der Waals surface area contributed by atoms with Gasteiger partial charge in [-0.2, -0.15) is 0 Å². The molecule has 0 bridgehead atoms. The lowest BCUT2D eigenvalue weighted by Gasteiger charge is -2.22. The van der Waals surface area contributed by atoms with Crippen LogP contribution in [0.1, 0.15) is 24.5 Å². The van der Waals surface area contributed by atoms with Crippen molar-refractivity contribution in [1.82, 2.24) is 16.0 Å². The molecule has 0 spiro atoms. The standard InChI is InChI=1S/C26H36N4O7/c1-16(29-25(34)20(27)13-17-5-8-19(32)9-6-17)24(33)30-21(26(35)28-11-4-12-31)14-18-7-10-22(36-2)23(15-18)37-3/h5-10,15-16,20-21,31-32H,4,11-14,27H2,1-3H3,(H,28,35)(H,29,34)(H,30,33)/t16-,20-,21-/m0/s1/i/hD. The summed E-state index contributed by atoms with van der Waals surface area (Å²) < 4.78 is 18.1. The molecule has 202 valence electrons. The highest BCUT2D eigenvalue weighted by molar-refractivity contribution is 5.93. The number of aliphatic hydroxyl groups is 1. The Morgan fingerprint density at radius 3 is 2.24 bits per heavy atom. The van der Waals surface area contributed by atoms with Crippen molar-refractivity contribution in [1.29, 1.82) is 0 Å². The van der Waals surface area contributed by atoms with Crippen LogP contribution in [0.25, 0.3) is 0 Å². The van der Waals surface area contributed by atoms with E-state index in [4.69, 9.17) is 16.0 Å². The van der Waals surface area contributed by atoms with Gasteiger partial charge in [0.15, 0.2) is 11.5 Å². The monoisotopic (exact) mass is 517 g/mol. The molecule has 0 saturated carbocycles. The number of rotatable bonds is 15. The third-order valence-corrected chi connectivity index (χ3v) is 5.60. The molecule has 2 rings (SSSR count). The van der Waals surface area contributed by atoms with Gasteiger partial charge in [0.05, 0.1) is 20.3 Å². The summed E-state index contributed by atoms with van der Waals surface area (Å²) in [6.07, 6.45) is 0.659. The molecule has 0 aromatic heterocycles. The van der Waals surface area contributed by atoms with Gasteiger partial charge in [-0.05, 0) is 55.2 Å². The number of methoxy groups -OCH3 is 2. The molecule has 3 amide bonds. The van der Waals surface area contributed by atoms with Gasteiger partial charge in [0, 0.05) is 19.6 Å². The van der Waals surface area contributed by atoms with E-state index in [1.165, 1.54) is 33.3 Å². The Bertz CT molecular complexity index is 1070. The summed E-state index contributed by atoms with van der Waals surface area (Å²) in [5.41, 5.74) is 3.61. The quantitative estimate of drug-likeness (QED) is 0.179. The van der Waals surface area contributed by atoms with Gasteiger partial charge < -0.3 is 41.4 Å². The van der Waals surface area contributed by atoms with Gasteiger partial charge in [0.25, 0.3) is 0 Å². The topological polar surface area (TPSA) is 172 Å². The number of aliphatic hydroxyl groups excluding tert-OH is 1. The molecule has 3 atom stereocenters. The van der Waals surface area contributed by atoms with Crippen LogP contribution < -0.4 is 31.2 Å².